The molecule has 1 aromatic rings. The van der Waals surface area contributed by atoms with Gasteiger partial charge < -0.3 is 10.1 Å². The van der Waals surface area contributed by atoms with Crippen LogP contribution in [0.1, 0.15) is 20.8 Å². The van der Waals surface area contributed by atoms with Crippen LogP contribution in [0.25, 0.3) is 0 Å². The van der Waals surface area contributed by atoms with E-state index in [2.05, 4.69) is 28.9 Å². The normalized spacial score (nSPS) is 13.5. The van der Waals surface area contributed by atoms with E-state index in [1.165, 1.54) is 12.3 Å². The predicted octanol–water partition coefficient (Wildman–Crippen LogP) is 3.48. The van der Waals surface area contributed by atoms with Gasteiger partial charge in [0.05, 0.1) is 11.9 Å². The third-order valence-electron chi connectivity index (χ3n) is 2.51. The Morgan fingerprint density at radius 3 is 2.39 bits per heavy atom. The molecule has 102 valence electrons. The van der Waals surface area contributed by atoms with Gasteiger partial charge in [-0.2, -0.15) is 13.2 Å². The number of pyridine rings is 1. The minimum absolute atomic E-state index is 0.0323. The molecule has 1 N–H and O–H groups in total. The van der Waals surface area contributed by atoms with Crippen molar-refractivity contribution in [2.45, 2.75) is 33.0 Å². The highest BCUT2D eigenvalue weighted by molar-refractivity contribution is 5.42. The molecule has 0 aliphatic heterocycles. The van der Waals surface area contributed by atoms with Crippen LogP contribution in [-0.2, 0) is 0 Å². The smallest absolute Gasteiger partial charge is 0.422 e. The third kappa shape index (κ3) is 5.25. The Morgan fingerprint density at radius 2 is 1.94 bits per heavy atom. The molecule has 1 unspecified atom stereocenters. The van der Waals surface area contributed by atoms with Gasteiger partial charge in [0.1, 0.15) is 0 Å². The number of nitrogens with one attached hydrogen (secondary N) is 1. The number of hydrogen-bond donors (Lipinski definition) is 1. The second-order valence-electron chi connectivity index (χ2n) is 4.47. The molecule has 0 fully saturated rings. The number of alkyl halides is 3. The minimum Gasteiger partial charge on any atom is -0.468 e. The molecule has 0 bridgehead atoms. The summed E-state index contributed by atoms with van der Waals surface area (Å²) in [4.78, 5) is 3.81. The topological polar surface area (TPSA) is 34.1 Å². The van der Waals surface area contributed by atoms with Gasteiger partial charge in [0.2, 0.25) is 5.88 Å². The van der Waals surface area contributed by atoms with Crippen LogP contribution in [0.5, 0.6) is 5.88 Å². The van der Waals surface area contributed by atoms with Crippen LogP contribution in [0.3, 0.4) is 0 Å². The van der Waals surface area contributed by atoms with E-state index in [-0.39, 0.29) is 11.9 Å². The lowest BCUT2D eigenvalue weighted by Gasteiger charge is -2.18. The molecule has 1 aromatic heterocycles. The molecule has 0 spiro atoms. The molecule has 0 aliphatic carbocycles. The van der Waals surface area contributed by atoms with Crippen LogP contribution in [0.4, 0.5) is 18.9 Å². The molecule has 3 nitrogen and oxygen atoms in total. The summed E-state index contributed by atoms with van der Waals surface area (Å²) in [5.74, 6) is 0.418. The predicted molar refractivity (Wildman–Crippen MR) is 63.7 cm³/mol. The number of rotatable bonds is 5. The summed E-state index contributed by atoms with van der Waals surface area (Å²) >= 11 is 0. The number of hydrogen-bond acceptors (Lipinski definition) is 3. The second-order valence-corrected chi connectivity index (χ2v) is 4.47. The zero-order valence-corrected chi connectivity index (χ0v) is 10.6. The van der Waals surface area contributed by atoms with E-state index in [0.717, 1.165) is 5.69 Å². The first-order valence-corrected chi connectivity index (χ1v) is 5.70. The standard InChI is InChI=1S/C12H17F3N2O/c1-8(2)9(3)17-10-4-5-11(16-6-10)18-7-12(13,14)15/h4-6,8-9,17H,7H2,1-3H3. The van der Waals surface area contributed by atoms with Crippen LogP contribution in [0.2, 0.25) is 0 Å². The minimum atomic E-state index is -4.34. The molecule has 0 saturated heterocycles. The molecule has 18 heavy (non-hydrogen) atoms. The van der Waals surface area contributed by atoms with Crippen molar-refractivity contribution in [3.63, 3.8) is 0 Å². The Kier molecular flexibility index (Phi) is 4.81. The van der Waals surface area contributed by atoms with Crippen molar-refractivity contribution in [1.82, 2.24) is 4.98 Å². The highest BCUT2D eigenvalue weighted by Gasteiger charge is 2.28. The summed E-state index contributed by atoms with van der Waals surface area (Å²) in [6.07, 6.45) is -2.88. The Morgan fingerprint density at radius 1 is 1.28 bits per heavy atom. The van der Waals surface area contributed by atoms with E-state index >= 15 is 0 Å². The molecule has 1 rings (SSSR count). The van der Waals surface area contributed by atoms with Gasteiger partial charge in [-0.3, -0.25) is 0 Å². The van der Waals surface area contributed by atoms with Gasteiger partial charge in [-0.25, -0.2) is 4.98 Å². The SMILES string of the molecule is CC(C)C(C)Nc1ccc(OCC(F)(F)F)nc1. The maximum absolute atomic E-state index is 11.9. The van der Waals surface area contributed by atoms with Crippen LogP contribution < -0.4 is 10.1 Å². The lowest BCUT2D eigenvalue weighted by molar-refractivity contribution is -0.154. The van der Waals surface area contributed by atoms with E-state index in [1.807, 2.05) is 6.92 Å². The van der Waals surface area contributed by atoms with Gasteiger partial charge in [-0.05, 0) is 18.9 Å². The van der Waals surface area contributed by atoms with Crippen molar-refractivity contribution >= 4 is 5.69 Å². The first-order chi connectivity index (χ1) is 8.28. The summed E-state index contributed by atoms with van der Waals surface area (Å²) in [6.45, 7) is 4.85. The third-order valence-corrected chi connectivity index (χ3v) is 2.51. The van der Waals surface area contributed by atoms with Crippen molar-refractivity contribution < 1.29 is 17.9 Å². The fraction of sp³-hybridized carbons (Fsp3) is 0.583. The monoisotopic (exact) mass is 262 g/mol. The Labute approximate surface area is 104 Å². The van der Waals surface area contributed by atoms with E-state index in [9.17, 15) is 13.2 Å². The van der Waals surface area contributed by atoms with Gasteiger partial charge in [0.15, 0.2) is 6.61 Å². The zero-order chi connectivity index (χ0) is 13.8. The maximum atomic E-state index is 11.9. The average Bonchev–Trinajstić information content (AvgIpc) is 2.27. The number of anilines is 1. The largest absolute Gasteiger partial charge is 0.468 e. The molecule has 0 aromatic carbocycles. The van der Waals surface area contributed by atoms with E-state index < -0.39 is 12.8 Å². The lowest BCUT2D eigenvalue weighted by Crippen LogP contribution is -2.21. The number of halogens is 3. The molecule has 0 amide bonds. The van der Waals surface area contributed by atoms with Crippen molar-refractivity contribution in [2.75, 3.05) is 11.9 Å². The van der Waals surface area contributed by atoms with Crippen molar-refractivity contribution in [3.8, 4) is 5.88 Å². The molecule has 0 saturated carbocycles. The van der Waals surface area contributed by atoms with Gasteiger partial charge in [0, 0.05) is 12.1 Å². The second kappa shape index (κ2) is 5.93. The summed E-state index contributed by atoms with van der Waals surface area (Å²) in [5, 5.41) is 3.20. The summed E-state index contributed by atoms with van der Waals surface area (Å²) < 4.78 is 40.3. The van der Waals surface area contributed by atoms with Crippen molar-refractivity contribution in [1.29, 1.82) is 0 Å². The summed E-state index contributed by atoms with van der Waals surface area (Å²) in [5.41, 5.74) is 0.760. The van der Waals surface area contributed by atoms with Crippen LogP contribution in [-0.4, -0.2) is 23.8 Å². The zero-order valence-electron chi connectivity index (χ0n) is 10.6. The van der Waals surface area contributed by atoms with Crippen LogP contribution >= 0.6 is 0 Å². The van der Waals surface area contributed by atoms with E-state index in [0.29, 0.717) is 5.92 Å². The highest BCUT2D eigenvalue weighted by Crippen LogP contribution is 2.18. The first kappa shape index (κ1) is 14.6. The highest BCUT2D eigenvalue weighted by atomic mass is 19.4. The van der Waals surface area contributed by atoms with Gasteiger partial charge in [0.25, 0.3) is 0 Å². The molecule has 1 heterocycles. The number of aromatic nitrogens is 1. The van der Waals surface area contributed by atoms with Crippen molar-refractivity contribution in [2.24, 2.45) is 5.92 Å². The van der Waals surface area contributed by atoms with Gasteiger partial charge in [-0.15, -0.1) is 0 Å². The van der Waals surface area contributed by atoms with Crippen LogP contribution in [0.15, 0.2) is 18.3 Å². The fourth-order valence-electron chi connectivity index (χ4n) is 1.14. The molecular weight excluding hydrogens is 245 g/mol. The van der Waals surface area contributed by atoms with E-state index in [1.54, 1.807) is 6.07 Å². The Hall–Kier alpha value is -1.46. The first-order valence-electron chi connectivity index (χ1n) is 5.70. The van der Waals surface area contributed by atoms with Gasteiger partial charge in [-0.1, -0.05) is 13.8 Å². The van der Waals surface area contributed by atoms with Crippen molar-refractivity contribution in [3.05, 3.63) is 18.3 Å². The van der Waals surface area contributed by atoms with Crippen LogP contribution in [0, 0.1) is 5.92 Å². The van der Waals surface area contributed by atoms with E-state index in [4.69, 9.17) is 0 Å². The molecule has 0 radical (unpaired) electrons. The molecular formula is C12H17F3N2O. The quantitative estimate of drug-likeness (QED) is 0.882. The number of ether oxygens (including phenoxy) is 1. The maximum Gasteiger partial charge on any atom is 0.422 e. The molecule has 1 atom stereocenters. The summed E-state index contributed by atoms with van der Waals surface area (Å²) in [7, 11) is 0. The Bertz CT molecular complexity index is 363. The van der Waals surface area contributed by atoms with Gasteiger partial charge >= 0.3 is 6.18 Å². The molecule has 0 aliphatic rings. The fourth-order valence-corrected chi connectivity index (χ4v) is 1.14. The average molecular weight is 262 g/mol. The lowest BCUT2D eigenvalue weighted by atomic mass is 10.1. The summed E-state index contributed by atoms with van der Waals surface area (Å²) in [6, 6.07) is 3.33. The number of nitrogens with zero attached hydrogens (tertiary/aromatic N) is 1. The molecule has 6 heteroatoms. The Balaban J connectivity index is 2.52.